The first-order chi connectivity index (χ1) is 15.2. The number of likely N-dealkylation sites (tertiary alicyclic amines) is 1. The van der Waals surface area contributed by atoms with Crippen LogP contribution in [0.2, 0.25) is 0 Å². The molecule has 2 N–H and O–H groups in total. The molecule has 31 heavy (non-hydrogen) atoms. The van der Waals surface area contributed by atoms with E-state index >= 15 is 0 Å². The summed E-state index contributed by atoms with van der Waals surface area (Å²) >= 11 is 0. The number of aryl methyl sites for hydroxylation is 1. The van der Waals surface area contributed by atoms with Gasteiger partial charge in [0.2, 0.25) is 0 Å². The number of ether oxygens (including phenoxy) is 1. The fourth-order valence-corrected chi connectivity index (χ4v) is 4.24. The van der Waals surface area contributed by atoms with E-state index in [0.717, 1.165) is 69.0 Å². The largest absolute Gasteiger partial charge is 0.468 e. The third kappa shape index (κ3) is 5.86. The summed E-state index contributed by atoms with van der Waals surface area (Å²) in [6, 6.07) is 4.22. The van der Waals surface area contributed by atoms with Gasteiger partial charge in [0.15, 0.2) is 11.8 Å². The van der Waals surface area contributed by atoms with Crippen LogP contribution in [0.5, 0.6) is 0 Å². The maximum atomic E-state index is 5.79. The summed E-state index contributed by atoms with van der Waals surface area (Å²) in [5.41, 5.74) is 0. The fourth-order valence-electron chi connectivity index (χ4n) is 4.24. The van der Waals surface area contributed by atoms with E-state index in [4.69, 9.17) is 14.1 Å². The van der Waals surface area contributed by atoms with Crippen molar-refractivity contribution in [3.63, 3.8) is 0 Å². The number of nitrogens with zero attached hydrogens (tertiary/aromatic N) is 5. The van der Waals surface area contributed by atoms with Crippen LogP contribution in [0.25, 0.3) is 0 Å². The van der Waals surface area contributed by atoms with Gasteiger partial charge in [-0.15, -0.1) is 10.2 Å². The molecule has 2 fully saturated rings. The highest BCUT2D eigenvalue weighted by atomic mass is 16.5. The van der Waals surface area contributed by atoms with Crippen molar-refractivity contribution in [2.75, 3.05) is 32.8 Å². The summed E-state index contributed by atoms with van der Waals surface area (Å²) in [6.45, 7) is 6.93. The Morgan fingerprint density at radius 1 is 1.23 bits per heavy atom. The summed E-state index contributed by atoms with van der Waals surface area (Å²) in [5.74, 6) is 3.49. The minimum absolute atomic E-state index is 0.183. The van der Waals surface area contributed by atoms with Crippen molar-refractivity contribution in [3.05, 3.63) is 35.8 Å². The number of hydrogen-bond acceptors (Lipinski definition) is 6. The van der Waals surface area contributed by atoms with Crippen LogP contribution in [0.15, 0.2) is 27.8 Å². The normalized spacial score (nSPS) is 21.4. The average Bonchev–Trinajstić information content (AvgIpc) is 3.56. The second kappa shape index (κ2) is 10.8. The molecule has 2 aromatic heterocycles. The van der Waals surface area contributed by atoms with Gasteiger partial charge in [-0.3, -0.25) is 4.90 Å². The number of guanidine groups is 1. The quantitative estimate of drug-likeness (QED) is 0.491. The Morgan fingerprint density at radius 2 is 2.10 bits per heavy atom. The third-order valence-corrected chi connectivity index (χ3v) is 6.25. The number of aliphatic imine (C=N–C) groups is 1. The minimum Gasteiger partial charge on any atom is -0.468 e. The van der Waals surface area contributed by atoms with Crippen molar-refractivity contribution >= 4 is 5.96 Å². The standard InChI is InChI=1S/C22H35N7O2/c1-17-26-27-21(28(17)2)16-25-22(23-14-18-8-6-12-30-18)24-15-19(20-9-7-13-31-20)29-10-4-3-5-11-29/h7,9,13,18-19H,3-6,8,10-12,14-16H2,1-2H3,(H2,23,24,25). The fraction of sp³-hybridized carbons (Fsp3) is 0.682. The van der Waals surface area contributed by atoms with Crippen molar-refractivity contribution in [1.82, 2.24) is 30.3 Å². The SMILES string of the molecule is Cc1nnc(CN=C(NCC2CCCO2)NCC(c2ccco2)N2CCCCC2)n1C. The van der Waals surface area contributed by atoms with Crippen molar-refractivity contribution < 1.29 is 9.15 Å². The number of aromatic nitrogens is 3. The van der Waals surface area contributed by atoms with E-state index in [0.29, 0.717) is 6.54 Å². The first kappa shape index (κ1) is 21.8. The molecule has 2 saturated heterocycles. The Balaban J connectivity index is 1.43. The molecule has 0 spiro atoms. The molecule has 4 heterocycles. The van der Waals surface area contributed by atoms with Crippen LogP contribution < -0.4 is 10.6 Å². The van der Waals surface area contributed by atoms with Crippen molar-refractivity contribution in [2.24, 2.45) is 12.0 Å². The second-order valence-corrected chi connectivity index (χ2v) is 8.41. The van der Waals surface area contributed by atoms with Crippen molar-refractivity contribution in [1.29, 1.82) is 0 Å². The molecular formula is C22H35N7O2. The van der Waals surface area contributed by atoms with Gasteiger partial charge in [0.05, 0.1) is 18.4 Å². The Labute approximate surface area is 184 Å². The van der Waals surface area contributed by atoms with Gasteiger partial charge in [-0.05, 0) is 57.8 Å². The lowest BCUT2D eigenvalue weighted by Gasteiger charge is -2.33. The minimum atomic E-state index is 0.183. The third-order valence-electron chi connectivity index (χ3n) is 6.25. The molecule has 0 saturated carbocycles. The van der Waals surface area contributed by atoms with E-state index in [1.165, 1.54) is 19.3 Å². The lowest BCUT2D eigenvalue weighted by molar-refractivity contribution is 0.113. The molecular weight excluding hydrogens is 394 g/mol. The highest BCUT2D eigenvalue weighted by Crippen LogP contribution is 2.24. The summed E-state index contributed by atoms with van der Waals surface area (Å²) in [4.78, 5) is 7.31. The van der Waals surface area contributed by atoms with Crippen molar-refractivity contribution in [3.8, 4) is 0 Å². The molecule has 4 rings (SSSR count). The van der Waals surface area contributed by atoms with Gasteiger partial charge in [-0.1, -0.05) is 6.42 Å². The molecule has 0 bridgehead atoms. The molecule has 2 aromatic rings. The molecule has 170 valence electrons. The molecule has 2 aliphatic rings. The smallest absolute Gasteiger partial charge is 0.191 e. The van der Waals surface area contributed by atoms with Gasteiger partial charge < -0.3 is 24.4 Å². The molecule has 9 nitrogen and oxygen atoms in total. The van der Waals surface area contributed by atoms with Gasteiger partial charge in [0, 0.05) is 26.7 Å². The summed E-state index contributed by atoms with van der Waals surface area (Å²) in [5, 5.41) is 15.4. The Hall–Kier alpha value is -2.39. The molecule has 0 amide bonds. The monoisotopic (exact) mass is 429 g/mol. The van der Waals surface area contributed by atoms with E-state index < -0.39 is 0 Å². The van der Waals surface area contributed by atoms with E-state index in [-0.39, 0.29) is 12.1 Å². The van der Waals surface area contributed by atoms with Crippen molar-refractivity contribution in [2.45, 2.75) is 57.7 Å². The first-order valence-electron chi connectivity index (χ1n) is 11.5. The van der Waals surface area contributed by atoms with Gasteiger partial charge >= 0.3 is 0 Å². The van der Waals surface area contributed by atoms with E-state index in [1.54, 1.807) is 6.26 Å². The van der Waals surface area contributed by atoms with E-state index in [1.807, 2.05) is 24.6 Å². The Morgan fingerprint density at radius 3 is 2.77 bits per heavy atom. The van der Waals surface area contributed by atoms with Crippen LogP contribution in [0, 0.1) is 6.92 Å². The van der Waals surface area contributed by atoms with Gasteiger partial charge in [0.1, 0.15) is 18.1 Å². The number of nitrogens with one attached hydrogen (secondary N) is 2. The zero-order chi connectivity index (χ0) is 21.5. The van der Waals surface area contributed by atoms with E-state index in [2.05, 4.69) is 31.8 Å². The maximum Gasteiger partial charge on any atom is 0.191 e. The number of hydrogen-bond donors (Lipinski definition) is 2. The summed E-state index contributed by atoms with van der Waals surface area (Å²) < 4.78 is 13.5. The zero-order valence-electron chi connectivity index (χ0n) is 18.7. The molecule has 0 aromatic carbocycles. The van der Waals surface area contributed by atoms with Crippen LogP contribution in [0.3, 0.4) is 0 Å². The highest BCUT2D eigenvalue weighted by Gasteiger charge is 2.25. The summed E-state index contributed by atoms with van der Waals surface area (Å²) in [6.07, 6.45) is 7.99. The lowest BCUT2D eigenvalue weighted by atomic mass is 10.1. The Bertz CT molecular complexity index is 821. The topological polar surface area (TPSA) is 92.7 Å². The summed E-state index contributed by atoms with van der Waals surface area (Å²) in [7, 11) is 1.97. The predicted molar refractivity (Wildman–Crippen MR) is 119 cm³/mol. The van der Waals surface area contributed by atoms with Gasteiger partial charge in [0.25, 0.3) is 0 Å². The van der Waals surface area contributed by atoms with Gasteiger partial charge in [-0.25, -0.2) is 4.99 Å². The Kier molecular flexibility index (Phi) is 7.58. The van der Waals surface area contributed by atoms with Crippen LogP contribution in [0.4, 0.5) is 0 Å². The molecule has 2 aliphatic heterocycles. The van der Waals surface area contributed by atoms with Gasteiger partial charge in [-0.2, -0.15) is 0 Å². The van der Waals surface area contributed by atoms with Crippen LogP contribution in [0.1, 0.15) is 55.6 Å². The first-order valence-corrected chi connectivity index (χ1v) is 11.5. The van der Waals surface area contributed by atoms with Crippen LogP contribution in [-0.2, 0) is 18.3 Å². The molecule has 9 heteroatoms. The highest BCUT2D eigenvalue weighted by molar-refractivity contribution is 5.79. The molecule has 2 atom stereocenters. The number of piperidine rings is 1. The average molecular weight is 430 g/mol. The van der Waals surface area contributed by atoms with E-state index in [9.17, 15) is 0 Å². The lowest BCUT2D eigenvalue weighted by Crippen LogP contribution is -2.46. The second-order valence-electron chi connectivity index (χ2n) is 8.41. The number of rotatable bonds is 8. The molecule has 2 unspecified atom stereocenters. The maximum absolute atomic E-state index is 5.79. The number of furan rings is 1. The molecule has 0 aliphatic carbocycles. The molecule has 0 radical (unpaired) electrons. The zero-order valence-corrected chi connectivity index (χ0v) is 18.7. The van der Waals surface area contributed by atoms with Crippen LogP contribution in [-0.4, -0.2) is 64.5 Å². The predicted octanol–water partition coefficient (Wildman–Crippen LogP) is 2.16. The van der Waals surface area contributed by atoms with Crippen LogP contribution >= 0.6 is 0 Å².